The summed E-state index contributed by atoms with van der Waals surface area (Å²) in [6.45, 7) is 2.09. The van der Waals surface area contributed by atoms with E-state index in [-0.39, 0.29) is 34.5 Å². The third kappa shape index (κ3) is 5.22. The molecule has 32 heavy (non-hydrogen) atoms. The van der Waals surface area contributed by atoms with Crippen LogP contribution < -0.4 is 20.5 Å². The van der Waals surface area contributed by atoms with Crippen LogP contribution in [0.3, 0.4) is 0 Å². The van der Waals surface area contributed by atoms with Gasteiger partial charge in [-0.25, -0.2) is 4.68 Å². The molecule has 11 heteroatoms. The summed E-state index contributed by atoms with van der Waals surface area (Å²) in [5.41, 5.74) is 4.34. The summed E-state index contributed by atoms with van der Waals surface area (Å²) in [6.07, 6.45) is 2.67. The Morgan fingerprint density at radius 3 is 2.81 bits per heavy atom. The predicted octanol–water partition coefficient (Wildman–Crippen LogP) is 3.68. The summed E-state index contributed by atoms with van der Waals surface area (Å²) in [4.78, 5) is 22.9. The van der Waals surface area contributed by atoms with Crippen molar-refractivity contribution in [2.45, 2.75) is 13.5 Å². The van der Waals surface area contributed by atoms with Crippen molar-refractivity contribution in [3.63, 3.8) is 0 Å². The maximum Gasteiger partial charge on any atom is 0.315 e. The zero-order valence-corrected chi connectivity index (χ0v) is 18.3. The standard InChI is InChI=1S/C21H20ClN5O5/c1-13-5-4-6-14(7-13)12-32-20-17(27(29)30)8-15(9-18(20)31-3)10-23-25-16-11-24-26(2)21(28)19(16)22/h4-11,25H,12H2,1-3H3/b23-10-. The number of aryl methyl sites for hydroxylation is 2. The van der Waals surface area contributed by atoms with Gasteiger partial charge in [0.15, 0.2) is 5.75 Å². The fourth-order valence-corrected chi connectivity index (χ4v) is 3.05. The van der Waals surface area contributed by atoms with Crippen molar-refractivity contribution < 1.29 is 14.4 Å². The highest BCUT2D eigenvalue weighted by Gasteiger charge is 2.22. The molecule has 1 N–H and O–H groups in total. The monoisotopic (exact) mass is 457 g/mol. The molecule has 0 unspecified atom stereocenters. The van der Waals surface area contributed by atoms with E-state index >= 15 is 0 Å². The van der Waals surface area contributed by atoms with Crippen LogP contribution in [0.1, 0.15) is 16.7 Å². The van der Waals surface area contributed by atoms with E-state index in [1.54, 1.807) is 6.07 Å². The van der Waals surface area contributed by atoms with Gasteiger partial charge in [0.2, 0.25) is 5.75 Å². The van der Waals surface area contributed by atoms with E-state index in [1.165, 1.54) is 32.6 Å². The van der Waals surface area contributed by atoms with Crippen molar-refractivity contribution in [1.82, 2.24) is 9.78 Å². The molecule has 0 saturated carbocycles. The maximum absolute atomic E-state index is 11.8. The minimum atomic E-state index is -0.555. The average Bonchev–Trinajstić information content (AvgIpc) is 2.77. The Hall–Kier alpha value is -3.92. The molecule has 0 spiro atoms. The average molecular weight is 458 g/mol. The second kappa shape index (κ2) is 9.92. The van der Waals surface area contributed by atoms with E-state index < -0.39 is 10.5 Å². The molecule has 1 aromatic heterocycles. The summed E-state index contributed by atoms with van der Waals surface area (Å²) in [7, 11) is 2.86. The molecule has 0 radical (unpaired) electrons. The molecule has 0 aliphatic carbocycles. The summed E-state index contributed by atoms with van der Waals surface area (Å²) >= 11 is 5.97. The molecule has 0 fully saturated rings. The van der Waals surface area contributed by atoms with Gasteiger partial charge in [-0.3, -0.25) is 20.3 Å². The Labute approximate surface area is 188 Å². The largest absolute Gasteiger partial charge is 0.493 e. The van der Waals surface area contributed by atoms with E-state index in [0.29, 0.717) is 5.56 Å². The number of ether oxygens (including phenoxy) is 2. The highest BCUT2D eigenvalue weighted by atomic mass is 35.5. The fourth-order valence-electron chi connectivity index (χ4n) is 2.84. The van der Waals surface area contributed by atoms with Crippen LogP contribution in [0.5, 0.6) is 11.5 Å². The normalized spacial score (nSPS) is 10.9. The fraction of sp³-hybridized carbons (Fsp3) is 0.190. The van der Waals surface area contributed by atoms with Gasteiger partial charge in [-0.2, -0.15) is 10.2 Å². The lowest BCUT2D eigenvalue weighted by Crippen LogP contribution is -2.20. The summed E-state index contributed by atoms with van der Waals surface area (Å²) in [6, 6.07) is 10.5. The van der Waals surface area contributed by atoms with Gasteiger partial charge in [-0.1, -0.05) is 41.4 Å². The second-order valence-corrected chi connectivity index (χ2v) is 7.16. The summed E-state index contributed by atoms with van der Waals surface area (Å²) in [5.74, 6) is 0.199. The Kier molecular flexibility index (Phi) is 7.06. The van der Waals surface area contributed by atoms with E-state index in [0.717, 1.165) is 15.8 Å². The molecule has 0 atom stereocenters. The van der Waals surface area contributed by atoms with Crippen molar-refractivity contribution in [3.05, 3.63) is 84.8 Å². The smallest absolute Gasteiger partial charge is 0.315 e. The zero-order chi connectivity index (χ0) is 23.3. The van der Waals surface area contributed by atoms with Gasteiger partial charge in [-0.15, -0.1) is 0 Å². The lowest BCUT2D eigenvalue weighted by molar-refractivity contribution is -0.386. The molecule has 10 nitrogen and oxygen atoms in total. The lowest BCUT2D eigenvalue weighted by atomic mass is 10.1. The third-order valence-corrected chi connectivity index (χ3v) is 4.78. The molecular formula is C21H20ClN5O5. The first kappa shape index (κ1) is 22.8. The molecule has 0 saturated heterocycles. The van der Waals surface area contributed by atoms with Crippen molar-refractivity contribution >= 4 is 29.2 Å². The molecule has 3 aromatic rings. The first-order valence-corrected chi connectivity index (χ1v) is 9.73. The van der Waals surface area contributed by atoms with E-state index in [1.807, 2.05) is 31.2 Å². The van der Waals surface area contributed by atoms with Gasteiger partial charge in [0, 0.05) is 18.7 Å². The number of anilines is 1. The number of rotatable bonds is 8. The number of nitrogens with one attached hydrogen (secondary N) is 1. The van der Waals surface area contributed by atoms with Crippen LogP contribution >= 0.6 is 11.6 Å². The summed E-state index contributed by atoms with van der Waals surface area (Å²) in [5, 5.41) is 19.4. The number of methoxy groups -OCH3 is 1. The van der Waals surface area contributed by atoms with Crippen LogP contribution in [0, 0.1) is 17.0 Å². The highest BCUT2D eigenvalue weighted by Crippen LogP contribution is 2.38. The molecule has 0 bridgehead atoms. The third-order valence-electron chi connectivity index (χ3n) is 4.42. The molecule has 3 rings (SSSR count). The van der Waals surface area contributed by atoms with E-state index in [2.05, 4.69) is 15.6 Å². The number of halogens is 1. The molecule has 166 valence electrons. The lowest BCUT2D eigenvalue weighted by Gasteiger charge is -2.12. The number of nitrogens with zero attached hydrogens (tertiary/aromatic N) is 4. The molecular weight excluding hydrogens is 438 g/mol. The summed E-state index contributed by atoms with van der Waals surface area (Å²) < 4.78 is 12.1. The van der Waals surface area contributed by atoms with Crippen LogP contribution in [-0.4, -0.2) is 28.0 Å². The van der Waals surface area contributed by atoms with E-state index in [9.17, 15) is 14.9 Å². The van der Waals surface area contributed by atoms with Crippen molar-refractivity contribution in [2.75, 3.05) is 12.5 Å². The molecule has 1 heterocycles. The van der Waals surface area contributed by atoms with E-state index in [4.69, 9.17) is 21.1 Å². The van der Waals surface area contributed by atoms with Crippen LogP contribution in [0.2, 0.25) is 5.02 Å². The maximum atomic E-state index is 11.8. The van der Waals surface area contributed by atoms with Crippen LogP contribution in [0.25, 0.3) is 0 Å². The van der Waals surface area contributed by atoms with Crippen molar-refractivity contribution in [1.29, 1.82) is 0 Å². The highest BCUT2D eigenvalue weighted by molar-refractivity contribution is 6.32. The van der Waals surface area contributed by atoms with Gasteiger partial charge >= 0.3 is 5.69 Å². The zero-order valence-electron chi connectivity index (χ0n) is 17.5. The number of hydrazone groups is 1. The quantitative estimate of drug-likeness (QED) is 0.311. The molecule has 0 amide bonds. The van der Waals surface area contributed by atoms with Gasteiger partial charge < -0.3 is 9.47 Å². The predicted molar refractivity (Wildman–Crippen MR) is 121 cm³/mol. The number of nitro groups is 1. The second-order valence-electron chi connectivity index (χ2n) is 6.78. The van der Waals surface area contributed by atoms with Gasteiger partial charge in [0.25, 0.3) is 5.56 Å². The number of benzene rings is 2. The number of nitro benzene ring substituents is 1. The Bertz CT molecular complexity index is 1240. The molecule has 0 aliphatic rings. The number of hydrogen-bond acceptors (Lipinski definition) is 8. The van der Waals surface area contributed by atoms with Crippen LogP contribution in [0.4, 0.5) is 11.4 Å². The molecule has 0 aliphatic heterocycles. The SMILES string of the molecule is COc1cc(/C=N\Nc2cnn(C)c(=O)c2Cl)cc([N+](=O)[O-])c1OCc1cccc(C)c1. The van der Waals surface area contributed by atoms with Crippen LogP contribution in [0.15, 0.2) is 52.5 Å². The van der Waals surface area contributed by atoms with Crippen molar-refractivity contribution in [3.8, 4) is 11.5 Å². The van der Waals surface area contributed by atoms with Gasteiger partial charge in [0.1, 0.15) is 17.3 Å². The Morgan fingerprint density at radius 1 is 1.34 bits per heavy atom. The first-order chi connectivity index (χ1) is 15.3. The molecule has 2 aromatic carbocycles. The Morgan fingerprint density at radius 2 is 2.12 bits per heavy atom. The topological polar surface area (TPSA) is 121 Å². The van der Waals surface area contributed by atoms with Gasteiger partial charge in [-0.05, 0) is 18.6 Å². The minimum absolute atomic E-state index is 0.0166. The van der Waals surface area contributed by atoms with Crippen molar-refractivity contribution in [2.24, 2.45) is 12.1 Å². The first-order valence-electron chi connectivity index (χ1n) is 9.35. The number of aromatic nitrogens is 2. The number of hydrogen-bond donors (Lipinski definition) is 1. The Balaban J connectivity index is 1.86. The van der Waals surface area contributed by atoms with Crippen LogP contribution in [-0.2, 0) is 13.7 Å². The minimum Gasteiger partial charge on any atom is -0.493 e. The van der Waals surface area contributed by atoms with Gasteiger partial charge in [0.05, 0.1) is 24.4 Å².